The van der Waals surface area contributed by atoms with Gasteiger partial charge in [0, 0.05) is 19.1 Å². The van der Waals surface area contributed by atoms with Crippen LogP contribution >= 0.6 is 11.8 Å². The molecule has 0 aliphatic carbocycles. The average Bonchev–Trinajstić information content (AvgIpc) is 2.70. The standard InChI is InChI=1S/C11H19N3O3S/c1-4-17-6-5-9-12-13-11(14(9)8(2)3)18-7-10(15)16/h8H,4-7H2,1-3H3,(H,15,16). The summed E-state index contributed by atoms with van der Waals surface area (Å²) >= 11 is 1.19. The van der Waals surface area contributed by atoms with Gasteiger partial charge in [0.2, 0.25) is 0 Å². The molecule has 1 N–H and O–H groups in total. The lowest BCUT2D eigenvalue weighted by Gasteiger charge is -2.13. The lowest BCUT2D eigenvalue weighted by molar-refractivity contribution is -0.133. The monoisotopic (exact) mass is 273 g/mol. The zero-order valence-electron chi connectivity index (χ0n) is 10.9. The van der Waals surface area contributed by atoms with E-state index < -0.39 is 5.97 Å². The molecule has 0 fully saturated rings. The highest BCUT2D eigenvalue weighted by Crippen LogP contribution is 2.21. The van der Waals surface area contributed by atoms with E-state index in [1.54, 1.807) is 0 Å². The number of rotatable bonds is 8. The molecule has 0 amide bonds. The van der Waals surface area contributed by atoms with Crippen molar-refractivity contribution in [2.45, 2.75) is 38.4 Å². The Balaban J connectivity index is 2.75. The number of nitrogens with zero attached hydrogens (tertiary/aromatic N) is 3. The van der Waals surface area contributed by atoms with E-state index in [9.17, 15) is 4.79 Å². The van der Waals surface area contributed by atoms with Crippen molar-refractivity contribution in [1.82, 2.24) is 14.8 Å². The molecule has 1 heterocycles. The maximum atomic E-state index is 10.6. The number of aliphatic carboxylic acids is 1. The van der Waals surface area contributed by atoms with Gasteiger partial charge in [-0.3, -0.25) is 4.79 Å². The Kier molecular flexibility index (Phi) is 6.14. The molecule has 0 unspecified atom stereocenters. The molecular weight excluding hydrogens is 254 g/mol. The fraction of sp³-hybridized carbons (Fsp3) is 0.727. The van der Waals surface area contributed by atoms with Crippen LogP contribution in [0.15, 0.2) is 5.16 Å². The van der Waals surface area contributed by atoms with Gasteiger partial charge in [0.25, 0.3) is 0 Å². The number of carbonyl (C=O) groups is 1. The van der Waals surface area contributed by atoms with Crippen molar-refractivity contribution in [2.75, 3.05) is 19.0 Å². The van der Waals surface area contributed by atoms with Crippen LogP contribution < -0.4 is 0 Å². The Hall–Kier alpha value is -1.08. The molecule has 1 rings (SSSR count). The first-order chi connectivity index (χ1) is 8.56. The van der Waals surface area contributed by atoms with E-state index in [2.05, 4.69) is 10.2 Å². The second-order valence-electron chi connectivity index (χ2n) is 3.99. The van der Waals surface area contributed by atoms with E-state index in [1.807, 2.05) is 25.3 Å². The summed E-state index contributed by atoms with van der Waals surface area (Å²) in [6.45, 7) is 7.28. The van der Waals surface area contributed by atoms with Gasteiger partial charge in [-0.05, 0) is 20.8 Å². The molecule has 0 aliphatic rings. The summed E-state index contributed by atoms with van der Waals surface area (Å²) in [6.07, 6.45) is 0.687. The highest BCUT2D eigenvalue weighted by molar-refractivity contribution is 7.99. The van der Waals surface area contributed by atoms with Crippen molar-refractivity contribution in [1.29, 1.82) is 0 Å². The third-order valence-corrected chi connectivity index (χ3v) is 3.18. The molecule has 7 heteroatoms. The number of carboxylic acids is 1. The maximum absolute atomic E-state index is 10.6. The molecular formula is C11H19N3O3S. The number of aromatic nitrogens is 3. The summed E-state index contributed by atoms with van der Waals surface area (Å²) in [5.41, 5.74) is 0. The van der Waals surface area contributed by atoms with Crippen LogP contribution in [0.1, 0.15) is 32.6 Å². The van der Waals surface area contributed by atoms with Crippen LogP contribution in [0.25, 0.3) is 0 Å². The first kappa shape index (κ1) is 15.0. The van der Waals surface area contributed by atoms with E-state index in [4.69, 9.17) is 9.84 Å². The highest BCUT2D eigenvalue weighted by atomic mass is 32.2. The predicted octanol–water partition coefficient (Wildman–Crippen LogP) is 1.61. The van der Waals surface area contributed by atoms with Gasteiger partial charge in [0.05, 0.1) is 12.4 Å². The predicted molar refractivity (Wildman–Crippen MR) is 69.0 cm³/mol. The molecule has 18 heavy (non-hydrogen) atoms. The van der Waals surface area contributed by atoms with Gasteiger partial charge in [-0.1, -0.05) is 11.8 Å². The second-order valence-corrected chi connectivity index (χ2v) is 4.93. The first-order valence-corrected chi connectivity index (χ1v) is 6.91. The van der Waals surface area contributed by atoms with E-state index in [-0.39, 0.29) is 11.8 Å². The van der Waals surface area contributed by atoms with Crippen molar-refractivity contribution in [3.8, 4) is 0 Å². The lowest BCUT2D eigenvalue weighted by atomic mass is 10.3. The van der Waals surface area contributed by atoms with Crippen LogP contribution in [0.4, 0.5) is 0 Å². The maximum Gasteiger partial charge on any atom is 0.313 e. The average molecular weight is 273 g/mol. The van der Waals surface area contributed by atoms with Crippen LogP contribution in [0, 0.1) is 0 Å². The molecule has 6 nitrogen and oxygen atoms in total. The molecule has 0 saturated heterocycles. The van der Waals surface area contributed by atoms with E-state index in [1.165, 1.54) is 11.8 Å². The topological polar surface area (TPSA) is 77.2 Å². The van der Waals surface area contributed by atoms with Crippen LogP contribution in [0.2, 0.25) is 0 Å². The Labute approximate surface area is 111 Å². The summed E-state index contributed by atoms with van der Waals surface area (Å²) in [4.78, 5) is 10.6. The van der Waals surface area contributed by atoms with Crippen molar-refractivity contribution < 1.29 is 14.6 Å². The molecule has 102 valence electrons. The van der Waals surface area contributed by atoms with E-state index in [0.717, 1.165) is 5.82 Å². The first-order valence-electron chi connectivity index (χ1n) is 5.92. The molecule has 0 aromatic carbocycles. The number of hydrogen-bond donors (Lipinski definition) is 1. The summed E-state index contributed by atoms with van der Waals surface area (Å²) < 4.78 is 7.26. The van der Waals surface area contributed by atoms with Gasteiger partial charge in [0.15, 0.2) is 5.16 Å². The molecule has 0 spiro atoms. The zero-order valence-corrected chi connectivity index (χ0v) is 11.7. The van der Waals surface area contributed by atoms with Crippen LogP contribution in [0.3, 0.4) is 0 Å². The number of thioether (sulfide) groups is 1. The third kappa shape index (κ3) is 4.30. The number of ether oxygens (including phenoxy) is 1. The summed E-state index contributed by atoms with van der Waals surface area (Å²) in [5, 5.41) is 17.5. The minimum atomic E-state index is -0.853. The van der Waals surface area contributed by atoms with Gasteiger partial charge < -0.3 is 14.4 Å². The fourth-order valence-electron chi connectivity index (χ4n) is 1.53. The van der Waals surface area contributed by atoms with Crippen molar-refractivity contribution in [2.24, 2.45) is 0 Å². The molecule has 0 atom stereocenters. The molecule has 0 aliphatic heterocycles. The minimum absolute atomic E-state index is 0.00366. The van der Waals surface area contributed by atoms with Crippen LogP contribution in [-0.2, 0) is 16.0 Å². The van der Waals surface area contributed by atoms with Gasteiger partial charge in [-0.2, -0.15) is 0 Å². The quantitative estimate of drug-likeness (QED) is 0.573. The second kappa shape index (κ2) is 7.38. The smallest absolute Gasteiger partial charge is 0.313 e. The van der Waals surface area contributed by atoms with Gasteiger partial charge >= 0.3 is 5.97 Å². The fourth-order valence-corrected chi connectivity index (χ4v) is 2.34. The third-order valence-electron chi connectivity index (χ3n) is 2.25. The molecule has 1 aromatic rings. The Morgan fingerprint density at radius 3 is 2.78 bits per heavy atom. The molecule has 0 radical (unpaired) electrons. The molecule has 0 bridgehead atoms. The summed E-state index contributed by atoms with van der Waals surface area (Å²) in [7, 11) is 0. The van der Waals surface area contributed by atoms with Crippen molar-refractivity contribution in [3.63, 3.8) is 0 Å². The summed E-state index contributed by atoms with van der Waals surface area (Å²) in [5.74, 6) is -0.0171. The minimum Gasteiger partial charge on any atom is -0.481 e. The zero-order chi connectivity index (χ0) is 13.5. The highest BCUT2D eigenvalue weighted by Gasteiger charge is 2.15. The van der Waals surface area contributed by atoms with Gasteiger partial charge in [-0.25, -0.2) is 0 Å². The largest absolute Gasteiger partial charge is 0.481 e. The van der Waals surface area contributed by atoms with E-state index in [0.29, 0.717) is 24.8 Å². The van der Waals surface area contributed by atoms with Gasteiger partial charge in [0.1, 0.15) is 5.82 Å². The van der Waals surface area contributed by atoms with Gasteiger partial charge in [-0.15, -0.1) is 10.2 Å². The SMILES string of the molecule is CCOCCc1nnc(SCC(=O)O)n1C(C)C. The number of hydrogen-bond acceptors (Lipinski definition) is 5. The Morgan fingerprint density at radius 1 is 1.50 bits per heavy atom. The van der Waals surface area contributed by atoms with Crippen molar-refractivity contribution >= 4 is 17.7 Å². The molecule has 1 aromatic heterocycles. The Bertz CT molecular complexity index is 393. The number of carboxylic acid groups (broad SMARTS) is 1. The molecule has 0 saturated carbocycles. The summed E-state index contributed by atoms with van der Waals surface area (Å²) in [6, 6.07) is 0.202. The Morgan fingerprint density at radius 2 is 2.22 bits per heavy atom. The van der Waals surface area contributed by atoms with E-state index >= 15 is 0 Å². The normalized spacial score (nSPS) is 11.1. The van der Waals surface area contributed by atoms with Crippen LogP contribution in [-0.4, -0.2) is 44.8 Å². The van der Waals surface area contributed by atoms with Crippen molar-refractivity contribution in [3.05, 3.63) is 5.82 Å². The van der Waals surface area contributed by atoms with Crippen LogP contribution in [0.5, 0.6) is 0 Å². The lowest BCUT2D eigenvalue weighted by Crippen LogP contribution is -2.11.